The highest BCUT2D eigenvalue weighted by molar-refractivity contribution is 7.15. The normalized spacial score (nSPS) is 12.2. The van der Waals surface area contributed by atoms with Gasteiger partial charge in [0.05, 0.1) is 12.1 Å². The van der Waals surface area contributed by atoms with Crippen molar-refractivity contribution in [2.45, 2.75) is 38.7 Å². The summed E-state index contributed by atoms with van der Waals surface area (Å²) < 4.78 is 1.89. The van der Waals surface area contributed by atoms with Gasteiger partial charge in [0.15, 0.2) is 10.7 Å². The summed E-state index contributed by atoms with van der Waals surface area (Å²) in [5.74, 6) is -0.145. The van der Waals surface area contributed by atoms with Crippen LogP contribution in [0.4, 0.5) is 0 Å². The molecule has 17 heavy (non-hydrogen) atoms. The molecule has 92 valence electrons. The number of ketones is 1. The summed E-state index contributed by atoms with van der Waals surface area (Å²) in [5, 5.41) is 12.0. The molecule has 0 aromatic carbocycles. The predicted molar refractivity (Wildman–Crippen MR) is 67.3 cm³/mol. The van der Waals surface area contributed by atoms with Crippen LogP contribution in [0.1, 0.15) is 32.4 Å². The number of fused-ring (bicyclic) bond motifs is 1. The number of thiazole rings is 1. The van der Waals surface area contributed by atoms with Gasteiger partial charge in [-0.05, 0) is 12.8 Å². The number of carbonyl (C=O) groups is 1. The van der Waals surface area contributed by atoms with E-state index >= 15 is 0 Å². The summed E-state index contributed by atoms with van der Waals surface area (Å²) in [7, 11) is 0. The topological polar surface area (TPSA) is 54.6 Å². The molecule has 0 amide bonds. The van der Waals surface area contributed by atoms with E-state index in [0.29, 0.717) is 12.8 Å². The summed E-state index contributed by atoms with van der Waals surface area (Å²) in [4.78, 5) is 17.2. The standard InChI is InChI=1S/C12H16N2O2S/c1-3-12(16,4-2)10(15)7-9-8-14-5-6-17-11(14)13-9/h5-6,8,16H,3-4,7H2,1-2H3. The maximum absolute atomic E-state index is 12.0. The van der Waals surface area contributed by atoms with Crippen LogP contribution in [0.25, 0.3) is 4.96 Å². The Morgan fingerprint density at radius 2 is 2.24 bits per heavy atom. The minimum Gasteiger partial charge on any atom is -0.382 e. The number of rotatable bonds is 5. The second-order valence-electron chi connectivity index (χ2n) is 4.16. The highest BCUT2D eigenvalue weighted by atomic mass is 32.1. The molecule has 4 nitrogen and oxygen atoms in total. The lowest BCUT2D eigenvalue weighted by Crippen LogP contribution is -2.38. The van der Waals surface area contributed by atoms with Crippen molar-refractivity contribution in [3.63, 3.8) is 0 Å². The summed E-state index contributed by atoms with van der Waals surface area (Å²) in [5.41, 5.74) is -0.473. The molecule has 0 spiro atoms. The molecule has 0 aliphatic heterocycles. The van der Waals surface area contributed by atoms with Crippen molar-refractivity contribution in [3.05, 3.63) is 23.5 Å². The molecule has 2 rings (SSSR count). The monoisotopic (exact) mass is 252 g/mol. The van der Waals surface area contributed by atoms with Crippen molar-refractivity contribution in [1.82, 2.24) is 9.38 Å². The molecule has 0 saturated carbocycles. The Bertz CT molecular complexity index is 497. The third-order valence-corrected chi connectivity index (χ3v) is 3.94. The van der Waals surface area contributed by atoms with Crippen molar-refractivity contribution in [3.8, 4) is 0 Å². The number of imidazole rings is 1. The fourth-order valence-corrected chi connectivity index (χ4v) is 2.55. The molecule has 5 heteroatoms. The quantitative estimate of drug-likeness (QED) is 0.886. The minimum atomic E-state index is -1.20. The Morgan fingerprint density at radius 1 is 1.53 bits per heavy atom. The van der Waals surface area contributed by atoms with Gasteiger partial charge in [0.25, 0.3) is 0 Å². The number of hydrogen-bond donors (Lipinski definition) is 1. The van der Waals surface area contributed by atoms with Crippen molar-refractivity contribution in [2.24, 2.45) is 0 Å². The van der Waals surface area contributed by atoms with E-state index in [0.717, 1.165) is 10.7 Å². The number of nitrogens with zero attached hydrogens (tertiary/aromatic N) is 2. The largest absolute Gasteiger partial charge is 0.382 e. The first kappa shape index (κ1) is 12.3. The second kappa shape index (κ2) is 4.58. The average molecular weight is 252 g/mol. The summed E-state index contributed by atoms with van der Waals surface area (Å²) in [6.45, 7) is 3.65. The SMILES string of the molecule is CCC(O)(CC)C(=O)Cc1cn2ccsc2n1. The van der Waals surface area contributed by atoms with Crippen LogP contribution >= 0.6 is 11.3 Å². The van der Waals surface area contributed by atoms with Gasteiger partial charge in [-0.1, -0.05) is 13.8 Å². The van der Waals surface area contributed by atoms with Crippen LogP contribution in [0.3, 0.4) is 0 Å². The maximum Gasteiger partial charge on any atom is 0.193 e. The van der Waals surface area contributed by atoms with E-state index in [1.807, 2.05) is 36.0 Å². The molecule has 2 heterocycles. The number of aliphatic hydroxyl groups is 1. The third kappa shape index (κ3) is 2.25. The predicted octanol–water partition coefficient (Wildman–Crippen LogP) is 2.06. The molecule has 0 bridgehead atoms. The summed E-state index contributed by atoms with van der Waals surface area (Å²) in [6, 6.07) is 0. The Hall–Kier alpha value is -1.20. The van der Waals surface area contributed by atoms with Gasteiger partial charge in [0.1, 0.15) is 5.60 Å². The molecule has 0 aliphatic rings. The first-order valence-corrected chi connectivity index (χ1v) is 6.63. The lowest BCUT2D eigenvalue weighted by atomic mass is 9.90. The second-order valence-corrected chi connectivity index (χ2v) is 5.04. The molecular formula is C12H16N2O2S. The fraction of sp³-hybridized carbons (Fsp3) is 0.500. The fourth-order valence-electron chi connectivity index (χ4n) is 1.83. The molecule has 1 N–H and O–H groups in total. The van der Waals surface area contributed by atoms with E-state index in [9.17, 15) is 9.90 Å². The molecule has 2 aromatic heterocycles. The van der Waals surface area contributed by atoms with Crippen LogP contribution in [-0.4, -0.2) is 25.9 Å². The Balaban J connectivity index is 2.16. The first-order chi connectivity index (χ1) is 8.09. The Labute approximate surface area is 104 Å². The van der Waals surface area contributed by atoms with Crippen molar-refractivity contribution < 1.29 is 9.90 Å². The minimum absolute atomic E-state index is 0.145. The van der Waals surface area contributed by atoms with Crippen molar-refractivity contribution >= 4 is 22.1 Å². The van der Waals surface area contributed by atoms with Crippen molar-refractivity contribution in [1.29, 1.82) is 0 Å². The molecule has 2 aromatic rings. The van der Waals surface area contributed by atoms with Gasteiger partial charge in [0.2, 0.25) is 0 Å². The van der Waals surface area contributed by atoms with Gasteiger partial charge >= 0.3 is 0 Å². The zero-order valence-corrected chi connectivity index (χ0v) is 10.8. The van der Waals surface area contributed by atoms with E-state index in [1.165, 1.54) is 11.3 Å². The Morgan fingerprint density at radius 3 is 2.82 bits per heavy atom. The number of carbonyl (C=O) groups excluding carboxylic acids is 1. The molecule has 0 atom stereocenters. The Kier molecular flexibility index (Phi) is 3.31. The number of Topliss-reactive ketones (excluding diaryl/α,β-unsaturated/α-hetero) is 1. The first-order valence-electron chi connectivity index (χ1n) is 5.76. The molecule has 0 saturated heterocycles. The molecular weight excluding hydrogens is 236 g/mol. The van der Waals surface area contributed by atoms with E-state index in [4.69, 9.17) is 0 Å². The molecule has 0 unspecified atom stereocenters. The molecule has 0 aliphatic carbocycles. The van der Waals surface area contributed by atoms with Crippen LogP contribution in [0.2, 0.25) is 0 Å². The van der Waals surface area contributed by atoms with Gasteiger partial charge in [-0.15, -0.1) is 11.3 Å². The van der Waals surface area contributed by atoms with E-state index in [-0.39, 0.29) is 12.2 Å². The summed E-state index contributed by atoms with van der Waals surface area (Å²) in [6.07, 6.45) is 4.85. The molecule has 0 radical (unpaired) electrons. The lowest BCUT2D eigenvalue weighted by Gasteiger charge is -2.22. The molecule has 0 fully saturated rings. The third-order valence-electron chi connectivity index (χ3n) is 3.17. The maximum atomic E-state index is 12.0. The highest BCUT2D eigenvalue weighted by Crippen LogP contribution is 2.19. The van der Waals surface area contributed by atoms with Crippen LogP contribution in [0.15, 0.2) is 17.8 Å². The van der Waals surface area contributed by atoms with Crippen LogP contribution in [-0.2, 0) is 11.2 Å². The van der Waals surface area contributed by atoms with E-state index < -0.39 is 5.60 Å². The number of aromatic nitrogens is 2. The van der Waals surface area contributed by atoms with Gasteiger partial charge < -0.3 is 5.11 Å². The number of hydrogen-bond acceptors (Lipinski definition) is 4. The van der Waals surface area contributed by atoms with Gasteiger partial charge in [-0.3, -0.25) is 9.20 Å². The zero-order chi connectivity index (χ0) is 12.5. The van der Waals surface area contributed by atoms with Gasteiger partial charge in [-0.25, -0.2) is 4.98 Å². The van der Waals surface area contributed by atoms with Crippen LogP contribution < -0.4 is 0 Å². The van der Waals surface area contributed by atoms with Gasteiger partial charge in [-0.2, -0.15) is 0 Å². The lowest BCUT2D eigenvalue weighted by molar-refractivity contribution is -0.137. The highest BCUT2D eigenvalue weighted by Gasteiger charge is 2.31. The van der Waals surface area contributed by atoms with Crippen LogP contribution in [0, 0.1) is 0 Å². The average Bonchev–Trinajstić information content (AvgIpc) is 2.88. The summed E-state index contributed by atoms with van der Waals surface area (Å²) >= 11 is 1.53. The van der Waals surface area contributed by atoms with Crippen molar-refractivity contribution in [2.75, 3.05) is 0 Å². The zero-order valence-electron chi connectivity index (χ0n) is 10.0. The van der Waals surface area contributed by atoms with Crippen LogP contribution in [0.5, 0.6) is 0 Å². The van der Waals surface area contributed by atoms with E-state index in [2.05, 4.69) is 4.98 Å². The van der Waals surface area contributed by atoms with E-state index in [1.54, 1.807) is 0 Å². The van der Waals surface area contributed by atoms with Gasteiger partial charge in [0, 0.05) is 17.8 Å². The smallest absolute Gasteiger partial charge is 0.193 e.